The average Bonchev–Trinajstić information content (AvgIpc) is 2.44. The smallest absolute Gasteiger partial charge is 0.419 e. The number of likely N-dealkylation sites (N-methyl/N-ethyl adjacent to an activating group) is 1. The molecule has 26 heavy (non-hydrogen) atoms. The summed E-state index contributed by atoms with van der Waals surface area (Å²) in [6.07, 6.45) is -1.48. The molecular formula is C17H27IN4O4. The topological polar surface area (TPSA) is 84.9 Å². The molecule has 9 heteroatoms. The molecule has 1 rings (SSSR count). The van der Waals surface area contributed by atoms with E-state index in [9.17, 15) is 9.59 Å². The van der Waals surface area contributed by atoms with Crippen molar-refractivity contribution in [1.29, 1.82) is 0 Å². The minimum Gasteiger partial charge on any atom is -0.443 e. The van der Waals surface area contributed by atoms with Gasteiger partial charge in [0.25, 0.3) is 0 Å². The Labute approximate surface area is 168 Å². The van der Waals surface area contributed by atoms with E-state index < -0.39 is 23.4 Å². The summed E-state index contributed by atoms with van der Waals surface area (Å²) in [5.41, 5.74) is -1.43. The molecule has 0 radical (unpaired) electrons. The third kappa shape index (κ3) is 8.15. The Hall–Kier alpha value is -1.65. The van der Waals surface area contributed by atoms with Crippen LogP contribution in [0.1, 0.15) is 41.5 Å². The van der Waals surface area contributed by atoms with Gasteiger partial charge in [0.2, 0.25) is 0 Å². The maximum Gasteiger partial charge on any atom is 0.419 e. The maximum atomic E-state index is 12.4. The van der Waals surface area contributed by atoms with Crippen LogP contribution in [0.25, 0.3) is 0 Å². The summed E-state index contributed by atoms with van der Waals surface area (Å²) in [7, 11) is 1.80. The number of carbonyl (C=O) groups is 2. The molecule has 0 aliphatic carbocycles. The van der Waals surface area contributed by atoms with Crippen LogP contribution in [0.3, 0.4) is 0 Å². The fraction of sp³-hybridized carbons (Fsp3) is 0.647. The highest BCUT2D eigenvalue weighted by Crippen LogP contribution is 2.15. The van der Waals surface area contributed by atoms with E-state index in [1.807, 2.05) is 12.1 Å². The zero-order chi connectivity index (χ0) is 20.1. The van der Waals surface area contributed by atoms with Gasteiger partial charge in [-0.25, -0.2) is 14.5 Å². The van der Waals surface area contributed by atoms with Crippen molar-refractivity contribution < 1.29 is 19.1 Å². The zero-order valence-electron chi connectivity index (χ0n) is 16.4. The largest absolute Gasteiger partial charge is 0.443 e. The van der Waals surface area contributed by atoms with E-state index in [-0.39, 0.29) is 6.54 Å². The van der Waals surface area contributed by atoms with Crippen LogP contribution in [0.4, 0.5) is 15.4 Å². The van der Waals surface area contributed by atoms with E-state index in [1.165, 1.54) is 0 Å². The first-order valence-electron chi connectivity index (χ1n) is 8.22. The second-order valence-electron chi connectivity index (χ2n) is 7.75. The minimum atomic E-state index is -0.742. The van der Waals surface area contributed by atoms with Crippen LogP contribution in [0.15, 0.2) is 12.1 Å². The second-order valence-corrected chi connectivity index (χ2v) is 8.85. The van der Waals surface area contributed by atoms with E-state index in [4.69, 9.17) is 9.47 Å². The molecule has 0 unspecified atom stereocenters. The number of carbonyl (C=O) groups excluding carboxylic acids is 2. The first-order chi connectivity index (χ1) is 11.8. The molecule has 0 saturated heterocycles. The Morgan fingerprint density at radius 2 is 1.46 bits per heavy atom. The fourth-order valence-corrected chi connectivity index (χ4v) is 2.06. The van der Waals surface area contributed by atoms with Crippen molar-refractivity contribution >= 4 is 40.6 Å². The van der Waals surface area contributed by atoms with E-state index in [2.05, 4.69) is 32.8 Å². The summed E-state index contributed by atoms with van der Waals surface area (Å²) >= 11 is 2.07. The fourth-order valence-electron chi connectivity index (χ4n) is 1.77. The van der Waals surface area contributed by atoms with Gasteiger partial charge in [0.1, 0.15) is 14.9 Å². The van der Waals surface area contributed by atoms with Crippen LogP contribution < -0.4 is 4.90 Å². The van der Waals surface area contributed by atoms with Crippen LogP contribution in [0.2, 0.25) is 0 Å². The van der Waals surface area contributed by atoms with Crippen LogP contribution in [-0.2, 0) is 9.47 Å². The Morgan fingerprint density at radius 1 is 0.962 bits per heavy atom. The highest BCUT2D eigenvalue weighted by atomic mass is 127. The first-order valence-corrected chi connectivity index (χ1v) is 9.30. The molecule has 1 aromatic heterocycles. The Balaban J connectivity index is 2.85. The van der Waals surface area contributed by atoms with E-state index in [0.29, 0.717) is 12.4 Å². The van der Waals surface area contributed by atoms with Crippen LogP contribution in [-0.4, -0.2) is 58.6 Å². The molecule has 0 aliphatic rings. The van der Waals surface area contributed by atoms with Crippen molar-refractivity contribution in [3.63, 3.8) is 0 Å². The zero-order valence-corrected chi connectivity index (χ0v) is 18.5. The quantitative estimate of drug-likeness (QED) is 0.611. The molecule has 0 bridgehead atoms. The normalized spacial score (nSPS) is 11.7. The molecule has 0 aliphatic heterocycles. The molecule has 0 aromatic carbocycles. The number of halogens is 1. The van der Waals surface area contributed by atoms with Crippen molar-refractivity contribution in [3.8, 4) is 0 Å². The molecule has 0 N–H and O–H groups in total. The molecule has 0 fully saturated rings. The lowest BCUT2D eigenvalue weighted by molar-refractivity contribution is 0.00205. The Bertz CT molecular complexity index is 595. The molecule has 0 spiro atoms. The molecule has 8 nitrogen and oxygen atoms in total. The molecule has 1 aromatic rings. The van der Waals surface area contributed by atoms with Crippen LogP contribution in [0.5, 0.6) is 0 Å². The van der Waals surface area contributed by atoms with E-state index >= 15 is 0 Å². The van der Waals surface area contributed by atoms with Crippen LogP contribution >= 0.6 is 22.6 Å². The third-order valence-electron chi connectivity index (χ3n) is 2.90. The predicted octanol–water partition coefficient (Wildman–Crippen LogP) is 3.69. The predicted molar refractivity (Wildman–Crippen MR) is 107 cm³/mol. The minimum absolute atomic E-state index is 0.0913. The van der Waals surface area contributed by atoms with Gasteiger partial charge in [-0.15, -0.1) is 10.2 Å². The van der Waals surface area contributed by atoms with E-state index in [0.717, 1.165) is 8.60 Å². The van der Waals surface area contributed by atoms with Gasteiger partial charge < -0.3 is 14.4 Å². The van der Waals surface area contributed by atoms with E-state index in [1.54, 1.807) is 53.5 Å². The van der Waals surface area contributed by atoms with Gasteiger partial charge in [0, 0.05) is 13.6 Å². The summed E-state index contributed by atoms with van der Waals surface area (Å²) in [5, 5.41) is 8.07. The number of hydrogen-bond acceptors (Lipinski definition) is 7. The van der Waals surface area contributed by atoms with Gasteiger partial charge in [0.05, 0.1) is 6.54 Å². The molecular weight excluding hydrogens is 451 g/mol. The Morgan fingerprint density at radius 3 is 1.85 bits per heavy atom. The second kappa shape index (κ2) is 8.83. The summed E-state index contributed by atoms with van der Waals surface area (Å²) in [5.74, 6) is 0.638. The van der Waals surface area contributed by atoms with Gasteiger partial charge >= 0.3 is 12.2 Å². The number of nitrogens with zero attached hydrogens (tertiary/aromatic N) is 4. The summed E-state index contributed by atoms with van der Waals surface area (Å²) in [6, 6.07) is 3.65. The number of ether oxygens (including phenoxy) is 2. The van der Waals surface area contributed by atoms with Gasteiger partial charge in [0.15, 0.2) is 5.82 Å². The molecule has 2 amide bonds. The monoisotopic (exact) mass is 478 g/mol. The number of rotatable bonds is 4. The molecule has 146 valence electrons. The number of imide groups is 1. The molecule has 0 saturated carbocycles. The number of aromatic nitrogens is 2. The highest BCUT2D eigenvalue weighted by molar-refractivity contribution is 14.1. The average molecular weight is 478 g/mol. The summed E-state index contributed by atoms with van der Waals surface area (Å²) < 4.78 is 11.4. The lowest BCUT2D eigenvalue weighted by Crippen LogP contribution is -2.46. The van der Waals surface area contributed by atoms with Crippen molar-refractivity contribution in [2.24, 2.45) is 0 Å². The maximum absolute atomic E-state index is 12.4. The standard InChI is InChI=1S/C17H27IN4O4/c1-16(2,3)25-14(23)22(15(24)26-17(4,5)6)11-10-21(7)13-9-8-12(18)19-20-13/h8-9H,10-11H2,1-7H3. The van der Waals surface area contributed by atoms with Crippen LogP contribution in [0, 0.1) is 3.70 Å². The lowest BCUT2D eigenvalue weighted by atomic mass is 10.2. The number of hydrogen-bond donors (Lipinski definition) is 0. The van der Waals surface area contributed by atoms with Gasteiger partial charge in [-0.3, -0.25) is 0 Å². The molecule has 1 heterocycles. The first kappa shape index (κ1) is 22.4. The Kier molecular flexibility index (Phi) is 7.60. The number of anilines is 1. The van der Waals surface area contributed by atoms with Gasteiger partial charge in [-0.1, -0.05) is 0 Å². The van der Waals surface area contributed by atoms with Crippen molar-refractivity contribution in [3.05, 3.63) is 15.8 Å². The lowest BCUT2D eigenvalue weighted by Gasteiger charge is -2.29. The van der Waals surface area contributed by atoms with Gasteiger partial charge in [-0.05, 0) is 76.3 Å². The highest BCUT2D eigenvalue weighted by Gasteiger charge is 2.31. The summed E-state index contributed by atoms with van der Waals surface area (Å²) in [6.45, 7) is 10.9. The number of amides is 2. The van der Waals surface area contributed by atoms with Crippen molar-refractivity contribution in [2.75, 3.05) is 25.0 Å². The third-order valence-corrected chi connectivity index (χ3v) is 3.47. The van der Waals surface area contributed by atoms with Gasteiger partial charge in [-0.2, -0.15) is 0 Å². The van der Waals surface area contributed by atoms with Crippen molar-refractivity contribution in [1.82, 2.24) is 15.1 Å². The van der Waals surface area contributed by atoms with Crippen molar-refractivity contribution in [2.45, 2.75) is 52.7 Å². The molecule has 0 atom stereocenters. The SMILES string of the molecule is CN(CCN(C(=O)OC(C)(C)C)C(=O)OC(C)(C)C)c1ccc(I)nn1. The summed E-state index contributed by atoms with van der Waals surface area (Å²) in [4.78, 5) is 27.6.